The lowest BCUT2D eigenvalue weighted by molar-refractivity contribution is 0.0628. The van der Waals surface area contributed by atoms with Crippen LogP contribution in [0.1, 0.15) is 15.9 Å². The van der Waals surface area contributed by atoms with Gasteiger partial charge in [-0.2, -0.15) is 0 Å². The molecule has 0 radical (unpaired) electrons. The van der Waals surface area contributed by atoms with Gasteiger partial charge in [0.15, 0.2) is 0 Å². The predicted molar refractivity (Wildman–Crippen MR) is 105 cm³/mol. The summed E-state index contributed by atoms with van der Waals surface area (Å²) in [6.07, 6.45) is 0. The van der Waals surface area contributed by atoms with Crippen molar-refractivity contribution < 1.29 is 14.3 Å². The van der Waals surface area contributed by atoms with Gasteiger partial charge in [-0.3, -0.25) is 9.69 Å². The van der Waals surface area contributed by atoms with Crippen molar-refractivity contribution in [3.63, 3.8) is 0 Å². The quantitative estimate of drug-likeness (QED) is 0.745. The number of hydrogen-bond acceptors (Lipinski definition) is 4. The lowest BCUT2D eigenvalue weighted by Gasteiger charge is -2.35. The van der Waals surface area contributed by atoms with E-state index in [1.807, 2.05) is 29.2 Å². The Morgan fingerprint density at radius 1 is 1.04 bits per heavy atom. The van der Waals surface area contributed by atoms with Crippen molar-refractivity contribution in [3.8, 4) is 11.5 Å². The van der Waals surface area contributed by atoms with Gasteiger partial charge >= 0.3 is 0 Å². The van der Waals surface area contributed by atoms with Crippen LogP contribution in [0.2, 0.25) is 0 Å². The van der Waals surface area contributed by atoms with Gasteiger partial charge in [0.25, 0.3) is 5.91 Å². The van der Waals surface area contributed by atoms with Gasteiger partial charge in [-0.15, -0.1) is 0 Å². The molecule has 0 unspecified atom stereocenters. The van der Waals surface area contributed by atoms with Gasteiger partial charge in [0.05, 0.1) is 18.7 Å². The normalized spacial score (nSPS) is 15.0. The molecule has 26 heavy (non-hydrogen) atoms. The Balaban J connectivity index is 1.57. The Hall–Kier alpha value is -2.05. The summed E-state index contributed by atoms with van der Waals surface area (Å²) in [7, 11) is 3.28. The van der Waals surface area contributed by atoms with Gasteiger partial charge < -0.3 is 14.4 Å². The Morgan fingerprint density at radius 3 is 2.46 bits per heavy atom. The second-order valence-electron chi connectivity index (χ2n) is 6.27. The van der Waals surface area contributed by atoms with Crippen LogP contribution in [0.3, 0.4) is 0 Å². The van der Waals surface area contributed by atoms with E-state index in [0.29, 0.717) is 11.3 Å². The molecule has 0 aromatic heterocycles. The van der Waals surface area contributed by atoms with Crippen molar-refractivity contribution in [2.45, 2.75) is 6.54 Å². The highest BCUT2D eigenvalue weighted by Crippen LogP contribution is 2.26. The molecule has 1 aliphatic heterocycles. The Bertz CT molecular complexity index is 773. The minimum Gasteiger partial charge on any atom is -0.497 e. The van der Waals surface area contributed by atoms with Crippen molar-refractivity contribution in [1.82, 2.24) is 9.80 Å². The lowest BCUT2D eigenvalue weighted by atomic mass is 10.1. The number of nitrogens with zero attached hydrogens (tertiary/aromatic N) is 2. The number of ether oxygens (including phenoxy) is 2. The highest BCUT2D eigenvalue weighted by atomic mass is 79.9. The van der Waals surface area contributed by atoms with Crippen LogP contribution < -0.4 is 9.47 Å². The summed E-state index contributed by atoms with van der Waals surface area (Å²) in [5, 5.41) is 0. The van der Waals surface area contributed by atoms with Crippen molar-refractivity contribution in [2.24, 2.45) is 0 Å². The molecule has 2 aromatic rings. The molecule has 0 saturated carbocycles. The number of rotatable bonds is 5. The first-order valence-electron chi connectivity index (χ1n) is 8.59. The standard InChI is InChI=1S/C20H23BrN2O3/c1-25-17-5-3-4-16(13-17)20(24)23-10-8-22(9-11-23)14-15-6-7-19(26-2)18(21)12-15/h3-7,12-13H,8-11,14H2,1-2H3. The van der Waals surface area contributed by atoms with Crippen LogP contribution in [-0.2, 0) is 6.54 Å². The van der Waals surface area contributed by atoms with Gasteiger partial charge in [0.2, 0.25) is 0 Å². The Morgan fingerprint density at radius 2 is 1.81 bits per heavy atom. The molecule has 0 bridgehead atoms. The third kappa shape index (κ3) is 4.37. The van der Waals surface area contributed by atoms with E-state index in [0.717, 1.165) is 42.9 Å². The van der Waals surface area contributed by atoms with E-state index in [4.69, 9.17) is 9.47 Å². The molecule has 1 aliphatic rings. The summed E-state index contributed by atoms with van der Waals surface area (Å²) in [5.41, 5.74) is 1.90. The van der Waals surface area contributed by atoms with Gasteiger partial charge in [0.1, 0.15) is 11.5 Å². The maximum absolute atomic E-state index is 12.7. The van der Waals surface area contributed by atoms with Crippen LogP contribution in [-0.4, -0.2) is 56.1 Å². The van der Waals surface area contributed by atoms with Crippen LogP contribution in [0.5, 0.6) is 11.5 Å². The molecule has 1 saturated heterocycles. The SMILES string of the molecule is COc1cccc(C(=O)N2CCN(Cc3ccc(OC)c(Br)c3)CC2)c1. The molecule has 0 N–H and O–H groups in total. The van der Waals surface area contributed by atoms with E-state index in [2.05, 4.69) is 33.0 Å². The van der Waals surface area contributed by atoms with Crippen LogP contribution in [0, 0.1) is 0 Å². The van der Waals surface area contributed by atoms with E-state index in [1.54, 1.807) is 20.3 Å². The number of halogens is 1. The zero-order valence-corrected chi connectivity index (χ0v) is 16.7. The first-order valence-corrected chi connectivity index (χ1v) is 9.38. The number of methoxy groups -OCH3 is 2. The minimum atomic E-state index is 0.0655. The van der Waals surface area contributed by atoms with Crippen LogP contribution >= 0.6 is 15.9 Å². The van der Waals surface area contributed by atoms with Crippen molar-refractivity contribution >= 4 is 21.8 Å². The summed E-state index contributed by atoms with van der Waals surface area (Å²) in [5.74, 6) is 1.61. The largest absolute Gasteiger partial charge is 0.497 e. The average molecular weight is 419 g/mol. The van der Waals surface area contributed by atoms with Gasteiger partial charge in [-0.05, 0) is 51.8 Å². The molecule has 0 aliphatic carbocycles. The van der Waals surface area contributed by atoms with E-state index < -0.39 is 0 Å². The van der Waals surface area contributed by atoms with Gasteiger partial charge in [-0.1, -0.05) is 12.1 Å². The fourth-order valence-corrected chi connectivity index (χ4v) is 3.70. The van der Waals surface area contributed by atoms with Gasteiger partial charge in [-0.25, -0.2) is 0 Å². The molecular weight excluding hydrogens is 396 g/mol. The van der Waals surface area contributed by atoms with E-state index >= 15 is 0 Å². The molecular formula is C20H23BrN2O3. The number of amides is 1. The molecule has 6 heteroatoms. The predicted octanol–water partition coefficient (Wildman–Crippen LogP) is 3.42. The average Bonchev–Trinajstić information content (AvgIpc) is 2.68. The molecule has 1 fully saturated rings. The summed E-state index contributed by atoms with van der Waals surface area (Å²) < 4.78 is 11.4. The lowest BCUT2D eigenvalue weighted by Crippen LogP contribution is -2.48. The number of piperazine rings is 1. The number of carbonyl (C=O) groups excluding carboxylic acids is 1. The molecule has 5 nitrogen and oxygen atoms in total. The molecule has 1 amide bonds. The maximum atomic E-state index is 12.7. The number of carbonyl (C=O) groups is 1. The summed E-state index contributed by atoms with van der Waals surface area (Å²) >= 11 is 3.53. The van der Waals surface area contributed by atoms with Gasteiger partial charge in [0, 0.05) is 38.3 Å². The monoisotopic (exact) mass is 418 g/mol. The molecule has 138 valence electrons. The van der Waals surface area contributed by atoms with Crippen molar-refractivity contribution in [3.05, 3.63) is 58.1 Å². The third-order valence-corrected chi connectivity index (χ3v) is 5.22. The second-order valence-corrected chi connectivity index (χ2v) is 7.12. The van der Waals surface area contributed by atoms with Crippen molar-refractivity contribution in [1.29, 1.82) is 0 Å². The molecule has 1 heterocycles. The highest BCUT2D eigenvalue weighted by Gasteiger charge is 2.22. The van der Waals surface area contributed by atoms with E-state index in [1.165, 1.54) is 5.56 Å². The first-order chi connectivity index (χ1) is 12.6. The Kier molecular flexibility index (Phi) is 6.16. The van der Waals surface area contributed by atoms with E-state index in [-0.39, 0.29) is 5.91 Å². The smallest absolute Gasteiger partial charge is 0.254 e. The zero-order chi connectivity index (χ0) is 18.5. The zero-order valence-electron chi connectivity index (χ0n) is 15.1. The maximum Gasteiger partial charge on any atom is 0.254 e. The number of benzene rings is 2. The molecule has 2 aromatic carbocycles. The summed E-state index contributed by atoms with van der Waals surface area (Å²) in [6.45, 7) is 4.04. The third-order valence-electron chi connectivity index (χ3n) is 4.60. The van der Waals surface area contributed by atoms with Crippen molar-refractivity contribution in [2.75, 3.05) is 40.4 Å². The Labute approximate surface area is 162 Å². The molecule has 3 rings (SSSR count). The molecule has 0 atom stereocenters. The highest BCUT2D eigenvalue weighted by molar-refractivity contribution is 9.10. The summed E-state index contributed by atoms with van der Waals surface area (Å²) in [6, 6.07) is 13.5. The summed E-state index contributed by atoms with van der Waals surface area (Å²) in [4.78, 5) is 17.0. The fourth-order valence-electron chi connectivity index (χ4n) is 3.11. The van der Waals surface area contributed by atoms with Crippen LogP contribution in [0.15, 0.2) is 46.9 Å². The van der Waals surface area contributed by atoms with Crippen LogP contribution in [0.25, 0.3) is 0 Å². The second kappa shape index (κ2) is 8.56. The number of hydrogen-bond donors (Lipinski definition) is 0. The fraction of sp³-hybridized carbons (Fsp3) is 0.350. The molecule has 0 spiro atoms. The topological polar surface area (TPSA) is 42.0 Å². The van der Waals surface area contributed by atoms with Crippen LogP contribution in [0.4, 0.5) is 0 Å². The first kappa shape index (κ1) is 18.7. The minimum absolute atomic E-state index is 0.0655. The van der Waals surface area contributed by atoms with E-state index in [9.17, 15) is 4.79 Å².